The molecule has 16 rings (SSSR count). The molecular weight excluding hydrogens is 1850 g/mol. The third-order valence-corrected chi connectivity index (χ3v) is 23.7. The predicted molar refractivity (Wildman–Crippen MR) is 546 cm³/mol. The number of nitrogens with one attached hydrogen (secondary N) is 1. The minimum absolute atomic E-state index is 0.0291. The van der Waals surface area contributed by atoms with Crippen molar-refractivity contribution in [2.24, 2.45) is 0 Å². The first kappa shape index (κ1) is 112. The third kappa shape index (κ3) is 29.3. The summed E-state index contributed by atoms with van der Waals surface area (Å²) in [7, 11) is 0. The second-order valence-electron chi connectivity index (χ2n) is 37.0. The van der Waals surface area contributed by atoms with Crippen molar-refractivity contribution in [3.8, 4) is 89.4 Å². The van der Waals surface area contributed by atoms with Crippen LogP contribution in [0.2, 0.25) is 5.02 Å². The molecule has 4 heterocycles. The molecule has 0 atom stereocenters. The van der Waals surface area contributed by atoms with Gasteiger partial charge in [0.15, 0.2) is 11.6 Å². The van der Waals surface area contributed by atoms with E-state index < -0.39 is 92.8 Å². The quantitative estimate of drug-likeness (QED) is 0.0979. The lowest BCUT2D eigenvalue weighted by atomic mass is 9.93. The zero-order valence-electron chi connectivity index (χ0n) is 83.7. The van der Waals surface area contributed by atoms with Crippen molar-refractivity contribution in [3.05, 3.63) is 437 Å². The van der Waals surface area contributed by atoms with E-state index in [0.29, 0.717) is 85.1 Å². The van der Waals surface area contributed by atoms with Crippen LogP contribution < -0.4 is 0 Å². The minimum atomic E-state index is -1.13. The summed E-state index contributed by atoms with van der Waals surface area (Å²) in [5.74, 6) is -9.54. The van der Waals surface area contributed by atoms with Gasteiger partial charge in [0.25, 0.3) is 0 Å². The SMILES string of the molecule is CC(C)c1cccc(-c2ccccc2Cl)n1.CC(C)c1cccc(-c2cn[nH]c2)n1.Cc1cc(F)c(F)cc1-c1c(F)ccc(C(C)C)c1F.Cc1cc(F)cc(F)c1-c1c(F)ccc(C(C)C)c1F.Cc1cc(F)cc(F)c1-c1cccc(C(C)C)c1.Cc1cc(F)cc(F)c1-c1cccc(C(C)C)n1.Cc1cc(F)ccc1-c1c(F)ccc(C(C)C)c1F.Cc1cccc(-c2cccc(C(C)C)c2F)c1. The number of pyridine rings is 3. The van der Waals surface area contributed by atoms with Crippen molar-refractivity contribution in [2.45, 2.75) is 200 Å². The van der Waals surface area contributed by atoms with Gasteiger partial charge in [-0.1, -0.05) is 255 Å². The average Bonchev–Trinajstić information content (AvgIpc) is 0.970. The molecule has 0 unspecified atom stereocenters. The van der Waals surface area contributed by atoms with E-state index in [4.69, 9.17) is 11.6 Å². The Morgan fingerprint density at radius 2 is 0.641 bits per heavy atom. The van der Waals surface area contributed by atoms with E-state index in [1.807, 2.05) is 194 Å². The third-order valence-electron chi connectivity index (χ3n) is 23.3. The molecule has 0 saturated heterocycles. The Labute approximate surface area is 828 Å². The molecule has 0 fully saturated rings. The fourth-order valence-electron chi connectivity index (χ4n) is 15.6. The van der Waals surface area contributed by atoms with Gasteiger partial charge in [-0.3, -0.25) is 20.1 Å². The molecule has 0 spiro atoms. The van der Waals surface area contributed by atoms with Gasteiger partial charge in [-0.15, -0.1) is 0 Å². The average molecular weight is 1970 g/mol. The van der Waals surface area contributed by atoms with Crippen LogP contribution >= 0.6 is 11.6 Å². The number of halogens is 17. The van der Waals surface area contributed by atoms with E-state index >= 15 is 0 Å². The number of hydrogen-bond donors (Lipinski definition) is 1. The molecule has 22 heteroatoms. The molecule has 4 aromatic heterocycles. The van der Waals surface area contributed by atoms with Crippen LogP contribution in [0.1, 0.15) is 236 Å². The van der Waals surface area contributed by atoms with Gasteiger partial charge in [0.2, 0.25) is 0 Å². The van der Waals surface area contributed by atoms with Gasteiger partial charge in [-0.05, 0) is 270 Å². The number of aromatic amines is 1. The van der Waals surface area contributed by atoms with Crippen molar-refractivity contribution in [1.29, 1.82) is 0 Å². The molecule has 16 aromatic rings. The van der Waals surface area contributed by atoms with Crippen molar-refractivity contribution in [2.75, 3.05) is 0 Å². The first-order valence-electron chi connectivity index (χ1n) is 46.7. The van der Waals surface area contributed by atoms with Crippen LogP contribution in [0, 0.1) is 135 Å². The second-order valence-corrected chi connectivity index (χ2v) is 37.4. The first-order chi connectivity index (χ1) is 67.1. The topological polar surface area (TPSA) is 67.3 Å². The highest BCUT2D eigenvalue weighted by molar-refractivity contribution is 6.33. The summed E-state index contributed by atoms with van der Waals surface area (Å²) >= 11 is 6.15. The maximum Gasteiger partial charge on any atom is 0.159 e. The summed E-state index contributed by atoms with van der Waals surface area (Å²) in [6.07, 6.45) is 3.64. The molecule has 0 aliphatic rings. The summed E-state index contributed by atoms with van der Waals surface area (Å²) in [5.41, 5.74) is 16.6. The summed E-state index contributed by atoms with van der Waals surface area (Å²) < 4.78 is 220. The molecule has 0 radical (unpaired) electrons. The van der Waals surface area contributed by atoms with Crippen molar-refractivity contribution in [3.63, 3.8) is 0 Å². The lowest BCUT2D eigenvalue weighted by Crippen LogP contribution is -2.02. The zero-order valence-corrected chi connectivity index (χ0v) is 84.4. The predicted octanol–water partition coefficient (Wildman–Crippen LogP) is 37.5. The van der Waals surface area contributed by atoms with Gasteiger partial charge in [0.1, 0.15) is 81.4 Å². The van der Waals surface area contributed by atoms with Gasteiger partial charge in [-0.2, -0.15) is 5.10 Å². The molecule has 0 saturated carbocycles. The standard InChI is InChI=1S/2C16H14F4.C16H15F3.C16H16F2.C16H17F.C15H15F2N.C14H14ClN.C11H13N3/c1-8(2)11-4-5-12(18)15(16(11)20)14-9(3)6-10(17)7-13(14)19;1-8(2)10-4-5-12(17)15(16(10)20)11-7-14(19)13(18)6-9(11)3;1-9(2)12-6-7-14(18)15(16(12)19)13-5-4-11(17)8-10(13)3;1-10(2)12-5-4-6-13(8-12)16-11(3)7-14(17)9-15(16)18;1-11(2)14-8-5-9-15(16(14)17)13-7-4-6-12(3)10-13;1-9(2)13-5-4-6-14(18-13)15-10(3)7-11(16)8-12(15)17;1-10(2)13-8-5-9-14(16-13)11-6-3-4-7-12(11)15;1-8(2)10-4-3-5-11(14-10)9-6-12-13-7-9/h2*4-8H,1-3H3;4-9H,1-3H3;4-10H,1-3H3;4-11H,1-3H3;4-9H,1-3H3;3-10H,1-2H3;3-8H,1-2H3,(H,12,13). The highest BCUT2D eigenvalue weighted by Crippen LogP contribution is 2.41. The number of rotatable bonds is 16. The molecule has 1 N–H and O–H groups in total. The van der Waals surface area contributed by atoms with E-state index in [-0.39, 0.29) is 68.8 Å². The number of hydrogen-bond acceptors (Lipinski definition) is 4. The molecule has 12 aromatic carbocycles. The van der Waals surface area contributed by atoms with Gasteiger partial charge in [0.05, 0.1) is 40.0 Å². The molecule has 5 nitrogen and oxygen atoms in total. The van der Waals surface area contributed by atoms with E-state index in [0.717, 1.165) is 115 Å². The second kappa shape index (κ2) is 51.2. The van der Waals surface area contributed by atoms with Gasteiger partial charge in [0, 0.05) is 79.9 Å². The van der Waals surface area contributed by atoms with Crippen molar-refractivity contribution >= 4 is 11.6 Å². The Morgan fingerprint density at radius 3 is 1.11 bits per heavy atom. The normalized spacial score (nSPS) is 11.0. The number of benzene rings is 12. The van der Waals surface area contributed by atoms with Crippen LogP contribution in [0.5, 0.6) is 0 Å². The minimum Gasteiger partial charge on any atom is -0.285 e. The Morgan fingerprint density at radius 1 is 0.239 bits per heavy atom. The lowest BCUT2D eigenvalue weighted by molar-refractivity contribution is 0.507. The molecular formula is C120H118ClF16N5. The maximum atomic E-state index is 14.4. The van der Waals surface area contributed by atoms with Gasteiger partial charge in [-0.25, -0.2) is 70.2 Å². The highest BCUT2D eigenvalue weighted by Gasteiger charge is 2.26. The van der Waals surface area contributed by atoms with Crippen molar-refractivity contribution in [1.82, 2.24) is 25.1 Å². The van der Waals surface area contributed by atoms with Crippen LogP contribution in [-0.4, -0.2) is 25.1 Å². The van der Waals surface area contributed by atoms with Crippen molar-refractivity contribution < 1.29 is 70.2 Å². The summed E-state index contributed by atoms with van der Waals surface area (Å²) in [6, 6.07) is 66.3. The van der Waals surface area contributed by atoms with Crippen LogP contribution in [-0.2, 0) is 0 Å². The fourth-order valence-corrected chi connectivity index (χ4v) is 15.8. The van der Waals surface area contributed by atoms with Crippen LogP contribution in [0.4, 0.5) is 70.2 Å². The van der Waals surface area contributed by atoms with Crippen LogP contribution in [0.25, 0.3) is 89.4 Å². The number of aryl methyl sites for hydroxylation is 6. The van der Waals surface area contributed by atoms with E-state index in [1.54, 1.807) is 60.7 Å². The van der Waals surface area contributed by atoms with E-state index in [1.165, 1.54) is 68.4 Å². The largest absolute Gasteiger partial charge is 0.285 e. The van der Waals surface area contributed by atoms with E-state index in [2.05, 4.69) is 66.7 Å². The van der Waals surface area contributed by atoms with E-state index in [9.17, 15) is 70.2 Å². The molecule has 742 valence electrons. The smallest absolute Gasteiger partial charge is 0.159 e. The molecule has 142 heavy (non-hydrogen) atoms. The Hall–Kier alpha value is -13.5. The number of H-pyrrole nitrogens is 1. The molecule has 0 amide bonds. The van der Waals surface area contributed by atoms with Crippen LogP contribution in [0.3, 0.4) is 0 Å². The lowest BCUT2D eigenvalue weighted by Gasteiger charge is -2.14. The van der Waals surface area contributed by atoms with Gasteiger partial charge >= 0.3 is 0 Å². The zero-order chi connectivity index (χ0) is 105. The summed E-state index contributed by atoms with van der Waals surface area (Å²) in [4.78, 5) is 13.6. The van der Waals surface area contributed by atoms with Crippen LogP contribution in [0.15, 0.2) is 261 Å². The fraction of sp³-hybridized carbons (Fsp3) is 0.250. The maximum absolute atomic E-state index is 14.4. The molecule has 0 bridgehead atoms. The number of aromatic nitrogens is 5. The monoisotopic (exact) mass is 1970 g/mol. The summed E-state index contributed by atoms with van der Waals surface area (Å²) in [5, 5.41) is 7.44. The Kier molecular flexibility index (Phi) is 40.4. The molecule has 0 aliphatic carbocycles. The van der Waals surface area contributed by atoms with Gasteiger partial charge < -0.3 is 0 Å². The highest BCUT2D eigenvalue weighted by atomic mass is 35.5. The molecule has 0 aliphatic heterocycles. The Balaban J connectivity index is 0.000000181. The first-order valence-corrected chi connectivity index (χ1v) is 47.1. The Bertz CT molecular complexity index is 6830. The number of nitrogens with zero attached hydrogens (tertiary/aromatic N) is 4. The summed E-state index contributed by atoms with van der Waals surface area (Å²) in [6.45, 7) is 41.5.